The number of nitriles is 1. The second-order valence-electron chi connectivity index (χ2n) is 9.67. The molecule has 11 heteroatoms. The van der Waals surface area contributed by atoms with Gasteiger partial charge in [-0.25, -0.2) is 4.90 Å². The van der Waals surface area contributed by atoms with Gasteiger partial charge in [-0.15, -0.1) is 0 Å². The van der Waals surface area contributed by atoms with Gasteiger partial charge in [-0.1, -0.05) is 18.2 Å². The molecule has 2 heterocycles. The molecule has 1 fully saturated rings. The van der Waals surface area contributed by atoms with Crippen molar-refractivity contribution in [1.29, 1.82) is 5.26 Å². The van der Waals surface area contributed by atoms with Crippen molar-refractivity contribution in [1.82, 2.24) is 9.80 Å². The average molecular weight is 555 g/mol. The number of rotatable bonds is 9. The minimum atomic E-state index is -4.80. The third kappa shape index (κ3) is 6.51. The molecule has 210 valence electrons. The lowest BCUT2D eigenvalue weighted by molar-refractivity contribution is -0.138. The third-order valence-electron chi connectivity index (χ3n) is 7.11. The molecule has 0 atom stereocenters. The maximum absolute atomic E-state index is 13.4. The zero-order valence-corrected chi connectivity index (χ0v) is 22.0. The van der Waals surface area contributed by atoms with E-state index in [1.54, 1.807) is 17.0 Å². The minimum Gasteiger partial charge on any atom is -0.484 e. The molecule has 40 heavy (non-hydrogen) atoms. The fraction of sp³-hybridized carbons (Fsp3) is 0.379. The molecule has 0 aromatic heterocycles. The Hall–Kier alpha value is -4.17. The zero-order valence-electron chi connectivity index (χ0n) is 22.0. The maximum Gasteiger partial charge on any atom is 0.417 e. The minimum absolute atomic E-state index is 0.0117. The van der Waals surface area contributed by atoms with Gasteiger partial charge in [0.1, 0.15) is 5.75 Å². The van der Waals surface area contributed by atoms with Crippen LogP contribution in [-0.2, 0) is 20.6 Å². The number of carbonyl (C=O) groups excluding carboxylic acids is 3. The van der Waals surface area contributed by atoms with Gasteiger partial charge < -0.3 is 9.64 Å². The summed E-state index contributed by atoms with van der Waals surface area (Å²) in [5.41, 5.74) is -1.47. The molecule has 2 aromatic rings. The molecular weight excluding hydrogens is 525 g/mol. The number of anilines is 1. The lowest BCUT2D eigenvalue weighted by Gasteiger charge is -2.34. The lowest BCUT2D eigenvalue weighted by atomic mass is 10.0. The Kier molecular flexibility index (Phi) is 8.90. The van der Waals surface area contributed by atoms with Gasteiger partial charge in [0.15, 0.2) is 6.61 Å². The molecule has 0 aliphatic carbocycles. The number of ether oxygens (including phenoxy) is 1. The highest BCUT2D eigenvalue weighted by Crippen LogP contribution is 2.36. The molecule has 0 bridgehead atoms. The van der Waals surface area contributed by atoms with Crippen LogP contribution in [0.2, 0.25) is 0 Å². The standard InChI is InChI=1S/C29H29F3N4O4/c1-20-24(28(39)36(27(20)38)22-11-10-21(18-33)25(17-22)29(30,31)32)9-5-6-12-34-13-15-35(16-14-34)26(37)19-40-23-7-3-2-4-8-23/h2-4,7-8,10-11,17H,5-6,9,12-16,19H2,1H3. The van der Waals surface area contributed by atoms with Gasteiger partial charge in [0.25, 0.3) is 17.7 Å². The zero-order chi connectivity index (χ0) is 28.9. The lowest BCUT2D eigenvalue weighted by Crippen LogP contribution is -2.50. The number of unbranched alkanes of at least 4 members (excludes halogenated alkanes) is 1. The van der Waals surface area contributed by atoms with Crippen LogP contribution in [0.1, 0.15) is 37.3 Å². The number of piperazine rings is 1. The van der Waals surface area contributed by atoms with E-state index in [-0.39, 0.29) is 29.3 Å². The van der Waals surface area contributed by atoms with Crippen molar-refractivity contribution >= 4 is 23.4 Å². The molecule has 8 nitrogen and oxygen atoms in total. The van der Waals surface area contributed by atoms with Crippen LogP contribution >= 0.6 is 0 Å². The van der Waals surface area contributed by atoms with E-state index in [0.29, 0.717) is 50.8 Å². The van der Waals surface area contributed by atoms with Crippen LogP contribution < -0.4 is 9.64 Å². The Labute approximate surface area is 230 Å². The molecule has 0 N–H and O–H groups in total. The number of amides is 3. The number of hydrogen-bond donors (Lipinski definition) is 0. The largest absolute Gasteiger partial charge is 0.484 e. The summed E-state index contributed by atoms with van der Waals surface area (Å²) >= 11 is 0. The van der Waals surface area contributed by atoms with E-state index in [0.717, 1.165) is 23.9 Å². The fourth-order valence-electron chi connectivity index (χ4n) is 4.83. The van der Waals surface area contributed by atoms with Crippen molar-refractivity contribution < 1.29 is 32.3 Å². The fourth-order valence-corrected chi connectivity index (χ4v) is 4.83. The molecule has 1 saturated heterocycles. The van der Waals surface area contributed by atoms with Gasteiger partial charge in [0, 0.05) is 37.3 Å². The third-order valence-corrected chi connectivity index (χ3v) is 7.11. The first-order valence-corrected chi connectivity index (χ1v) is 13.0. The van der Waals surface area contributed by atoms with E-state index in [1.165, 1.54) is 19.1 Å². The van der Waals surface area contributed by atoms with Crippen molar-refractivity contribution in [2.75, 3.05) is 44.2 Å². The second-order valence-corrected chi connectivity index (χ2v) is 9.67. The highest BCUT2D eigenvalue weighted by molar-refractivity contribution is 6.32. The molecule has 0 saturated carbocycles. The van der Waals surface area contributed by atoms with E-state index >= 15 is 0 Å². The van der Waals surface area contributed by atoms with Crippen LogP contribution in [0.15, 0.2) is 59.7 Å². The first-order chi connectivity index (χ1) is 19.1. The predicted molar refractivity (Wildman–Crippen MR) is 140 cm³/mol. The van der Waals surface area contributed by atoms with Crippen molar-refractivity contribution in [3.8, 4) is 11.8 Å². The van der Waals surface area contributed by atoms with E-state index in [2.05, 4.69) is 4.90 Å². The van der Waals surface area contributed by atoms with E-state index in [4.69, 9.17) is 10.00 Å². The van der Waals surface area contributed by atoms with E-state index < -0.39 is 29.1 Å². The molecule has 0 unspecified atom stereocenters. The molecular formula is C29H29F3N4O4. The van der Waals surface area contributed by atoms with Gasteiger partial charge in [-0.3, -0.25) is 19.3 Å². The summed E-state index contributed by atoms with van der Waals surface area (Å²) in [6.07, 6.45) is -3.11. The highest BCUT2D eigenvalue weighted by Gasteiger charge is 2.39. The highest BCUT2D eigenvalue weighted by atomic mass is 19.4. The van der Waals surface area contributed by atoms with Crippen LogP contribution in [0.4, 0.5) is 18.9 Å². The molecule has 3 amide bonds. The number of halogens is 3. The summed E-state index contributed by atoms with van der Waals surface area (Å²) in [5, 5.41) is 9.01. The number of alkyl halides is 3. The molecule has 2 aliphatic heterocycles. The topological polar surface area (TPSA) is 93.9 Å². The van der Waals surface area contributed by atoms with Gasteiger partial charge in [-0.05, 0) is 63.1 Å². The smallest absolute Gasteiger partial charge is 0.417 e. The Morgan fingerprint density at radius 1 is 1.00 bits per heavy atom. The molecule has 2 aromatic carbocycles. The normalized spacial score (nSPS) is 16.5. The van der Waals surface area contributed by atoms with Gasteiger partial charge in [0.05, 0.1) is 22.9 Å². The van der Waals surface area contributed by atoms with Crippen LogP contribution in [-0.4, -0.2) is 66.9 Å². The average Bonchev–Trinajstić information content (AvgIpc) is 3.16. The summed E-state index contributed by atoms with van der Waals surface area (Å²) in [6.45, 7) is 4.85. The summed E-state index contributed by atoms with van der Waals surface area (Å²) < 4.78 is 45.7. The predicted octanol–water partition coefficient (Wildman–Crippen LogP) is 4.16. The summed E-state index contributed by atoms with van der Waals surface area (Å²) in [4.78, 5) is 43.0. The molecule has 0 spiro atoms. The van der Waals surface area contributed by atoms with Gasteiger partial charge in [0.2, 0.25) is 0 Å². The molecule has 2 aliphatic rings. The molecule has 4 rings (SSSR count). The number of hydrogen-bond acceptors (Lipinski definition) is 6. The van der Waals surface area contributed by atoms with Crippen molar-refractivity contribution in [3.05, 3.63) is 70.8 Å². The van der Waals surface area contributed by atoms with Crippen molar-refractivity contribution in [2.45, 2.75) is 32.4 Å². The van der Waals surface area contributed by atoms with Gasteiger partial charge >= 0.3 is 6.18 Å². The Morgan fingerprint density at radius 3 is 2.35 bits per heavy atom. The Morgan fingerprint density at radius 2 is 1.70 bits per heavy atom. The monoisotopic (exact) mass is 554 g/mol. The van der Waals surface area contributed by atoms with Crippen molar-refractivity contribution in [3.63, 3.8) is 0 Å². The first-order valence-electron chi connectivity index (χ1n) is 13.0. The second kappa shape index (κ2) is 12.3. The SMILES string of the molecule is CC1=C(CCCCN2CCN(C(=O)COc3ccccc3)CC2)C(=O)N(c2ccc(C#N)c(C(F)(F)F)c2)C1=O. The quantitative estimate of drug-likeness (QED) is 0.341. The van der Waals surface area contributed by atoms with Crippen LogP contribution in [0, 0.1) is 11.3 Å². The van der Waals surface area contributed by atoms with Gasteiger partial charge in [-0.2, -0.15) is 18.4 Å². The number of para-hydroxylation sites is 1. The Balaban J connectivity index is 1.24. The summed E-state index contributed by atoms with van der Waals surface area (Å²) in [6, 6.07) is 13.5. The summed E-state index contributed by atoms with van der Waals surface area (Å²) in [7, 11) is 0. The van der Waals surface area contributed by atoms with E-state index in [9.17, 15) is 27.6 Å². The number of carbonyl (C=O) groups is 3. The Bertz CT molecular complexity index is 1340. The molecule has 0 radical (unpaired) electrons. The first kappa shape index (κ1) is 28.8. The van der Waals surface area contributed by atoms with Crippen LogP contribution in [0.5, 0.6) is 5.75 Å². The van der Waals surface area contributed by atoms with Crippen molar-refractivity contribution in [2.24, 2.45) is 0 Å². The number of nitrogens with zero attached hydrogens (tertiary/aromatic N) is 4. The maximum atomic E-state index is 13.4. The summed E-state index contributed by atoms with van der Waals surface area (Å²) in [5.74, 6) is -0.710. The number of benzene rings is 2. The number of imide groups is 1. The van der Waals surface area contributed by atoms with Crippen LogP contribution in [0.25, 0.3) is 0 Å². The van der Waals surface area contributed by atoms with E-state index in [1.807, 2.05) is 18.2 Å². The van der Waals surface area contributed by atoms with Crippen LogP contribution in [0.3, 0.4) is 0 Å².